The van der Waals surface area contributed by atoms with E-state index < -0.39 is 42.6 Å². The first-order valence-corrected chi connectivity index (χ1v) is 7.17. The number of aryl methyl sites for hydroxylation is 1. The molecular weight excluding hydrogens is 276 g/mol. The standard InChI is InChI=1S/C19H26O3/c1-4-5-13-9-17(21)19(18(22)10-13)16-8-14(11-20)6-7-15(16)12(2)3/h8-10,15-16,20-22H,2,4-7,11H2,1,3H3/t15-,16+/m0/s1/i1D3,4D2,5D2. The Hall–Kier alpha value is -1.74. The predicted molar refractivity (Wildman–Crippen MR) is 89.2 cm³/mol. The Balaban J connectivity index is 2.61. The average molecular weight is 309 g/mol. The summed E-state index contributed by atoms with van der Waals surface area (Å²) in [7, 11) is 0. The van der Waals surface area contributed by atoms with E-state index in [1.807, 2.05) is 6.92 Å². The Bertz CT molecular complexity index is 805. The molecule has 0 fully saturated rings. The Morgan fingerprint density at radius 2 is 2.09 bits per heavy atom. The number of phenols is 2. The Morgan fingerprint density at radius 1 is 1.41 bits per heavy atom. The summed E-state index contributed by atoms with van der Waals surface area (Å²) in [5.41, 5.74) is 1.19. The lowest BCUT2D eigenvalue weighted by atomic mass is 9.73. The van der Waals surface area contributed by atoms with Crippen molar-refractivity contribution < 1.29 is 24.9 Å². The molecule has 0 radical (unpaired) electrons. The van der Waals surface area contributed by atoms with Crippen LogP contribution in [-0.2, 0) is 6.37 Å². The van der Waals surface area contributed by atoms with E-state index in [0.29, 0.717) is 12.8 Å². The highest BCUT2D eigenvalue weighted by Crippen LogP contribution is 2.46. The van der Waals surface area contributed by atoms with Gasteiger partial charge in [-0.05, 0) is 55.3 Å². The number of allylic oxidation sites excluding steroid dienone is 2. The summed E-state index contributed by atoms with van der Waals surface area (Å²) in [5, 5.41) is 30.7. The van der Waals surface area contributed by atoms with Crippen molar-refractivity contribution in [3.05, 3.63) is 47.1 Å². The van der Waals surface area contributed by atoms with Gasteiger partial charge in [-0.3, -0.25) is 0 Å². The van der Waals surface area contributed by atoms with E-state index >= 15 is 0 Å². The van der Waals surface area contributed by atoms with E-state index in [2.05, 4.69) is 6.58 Å². The molecule has 120 valence electrons. The van der Waals surface area contributed by atoms with Crippen LogP contribution in [0, 0.1) is 5.92 Å². The highest BCUT2D eigenvalue weighted by Gasteiger charge is 2.30. The van der Waals surface area contributed by atoms with Gasteiger partial charge in [0.15, 0.2) is 0 Å². The zero-order chi connectivity index (χ0) is 22.4. The highest BCUT2D eigenvalue weighted by molar-refractivity contribution is 5.51. The summed E-state index contributed by atoms with van der Waals surface area (Å²) in [5.74, 6) is -1.59. The third-order valence-corrected chi connectivity index (χ3v) is 4.14. The van der Waals surface area contributed by atoms with Gasteiger partial charge < -0.3 is 15.3 Å². The van der Waals surface area contributed by atoms with E-state index in [4.69, 9.17) is 9.60 Å². The maximum Gasteiger partial charge on any atom is 0.123 e. The number of phenolic OH excluding ortho intramolecular Hbond substituents is 2. The molecule has 0 heterocycles. The first-order valence-electron chi connectivity index (χ1n) is 10.7. The van der Waals surface area contributed by atoms with Crippen molar-refractivity contribution >= 4 is 0 Å². The SMILES string of the molecule is [2H]C([2H])([2H])C([2H])([2H])C([2H])([2H])c1cc(O)c([C@@H]2C=C(CO)CC[C@H]2C(=C)C)c(O)c1. The van der Waals surface area contributed by atoms with Crippen molar-refractivity contribution in [3.8, 4) is 11.5 Å². The number of benzene rings is 1. The quantitative estimate of drug-likeness (QED) is 0.719. The topological polar surface area (TPSA) is 60.7 Å². The lowest BCUT2D eigenvalue weighted by Crippen LogP contribution is -2.18. The highest BCUT2D eigenvalue weighted by atomic mass is 16.3. The zero-order valence-corrected chi connectivity index (χ0v) is 12.6. The summed E-state index contributed by atoms with van der Waals surface area (Å²) >= 11 is 0. The maximum atomic E-state index is 10.6. The minimum absolute atomic E-state index is 0.109. The molecule has 0 aliphatic heterocycles. The molecule has 1 aromatic rings. The van der Waals surface area contributed by atoms with Gasteiger partial charge in [0.05, 0.1) is 6.61 Å². The molecule has 0 bridgehead atoms. The van der Waals surface area contributed by atoms with Gasteiger partial charge >= 0.3 is 0 Å². The van der Waals surface area contributed by atoms with Crippen molar-refractivity contribution in [2.24, 2.45) is 5.92 Å². The van der Waals surface area contributed by atoms with Gasteiger partial charge in [0.25, 0.3) is 0 Å². The summed E-state index contributed by atoms with van der Waals surface area (Å²) in [6, 6.07) is 1.91. The molecule has 0 amide bonds. The molecule has 3 heteroatoms. The second kappa shape index (κ2) is 7.01. The number of hydrogen-bond donors (Lipinski definition) is 3. The van der Waals surface area contributed by atoms with Gasteiger partial charge in [-0.15, -0.1) is 0 Å². The van der Waals surface area contributed by atoms with E-state index in [-0.39, 0.29) is 18.1 Å². The summed E-state index contributed by atoms with van der Waals surface area (Å²) in [6.07, 6.45) is -3.22. The number of aliphatic hydroxyl groups excluding tert-OH is 1. The van der Waals surface area contributed by atoms with Crippen LogP contribution in [0.2, 0.25) is 0 Å². The van der Waals surface area contributed by atoms with Crippen LogP contribution in [0.15, 0.2) is 35.9 Å². The normalized spacial score (nSPS) is 28.1. The van der Waals surface area contributed by atoms with Crippen LogP contribution >= 0.6 is 0 Å². The summed E-state index contributed by atoms with van der Waals surface area (Å²) < 4.78 is 53.6. The fourth-order valence-corrected chi connectivity index (χ4v) is 3.05. The third-order valence-electron chi connectivity index (χ3n) is 4.14. The van der Waals surface area contributed by atoms with Crippen LogP contribution in [0.5, 0.6) is 11.5 Å². The van der Waals surface area contributed by atoms with Gasteiger partial charge in [-0.2, -0.15) is 0 Å². The molecule has 0 saturated heterocycles. The van der Waals surface area contributed by atoms with Crippen molar-refractivity contribution in [1.29, 1.82) is 0 Å². The van der Waals surface area contributed by atoms with Crippen molar-refractivity contribution in [2.45, 2.75) is 45.3 Å². The van der Waals surface area contributed by atoms with Crippen LogP contribution < -0.4 is 0 Å². The summed E-state index contributed by atoms with van der Waals surface area (Å²) in [4.78, 5) is 0. The minimum Gasteiger partial charge on any atom is -0.507 e. The monoisotopic (exact) mass is 309 g/mol. The van der Waals surface area contributed by atoms with Gasteiger partial charge in [0, 0.05) is 21.1 Å². The van der Waals surface area contributed by atoms with Gasteiger partial charge in [-0.25, -0.2) is 0 Å². The molecule has 0 unspecified atom stereocenters. The molecule has 3 nitrogen and oxygen atoms in total. The van der Waals surface area contributed by atoms with Crippen LogP contribution in [0.4, 0.5) is 0 Å². The summed E-state index contributed by atoms with van der Waals surface area (Å²) in [6.45, 7) is 2.35. The second-order valence-electron chi connectivity index (χ2n) is 5.68. The van der Waals surface area contributed by atoms with E-state index in [0.717, 1.165) is 23.3 Å². The molecule has 0 aromatic heterocycles. The lowest BCUT2D eigenvalue weighted by Gasteiger charge is -2.31. The predicted octanol–water partition coefficient (Wildman–Crippen LogP) is 4.04. The molecule has 3 N–H and O–H groups in total. The Morgan fingerprint density at radius 3 is 2.64 bits per heavy atom. The van der Waals surface area contributed by atoms with Gasteiger partial charge in [0.2, 0.25) is 0 Å². The number of aliphatic hydroxyl groups is 1. The van der Waals surface area contributed by atoms with E-state index in [9.17, 15) is 15.3 Å². The smallest absolute Gasteiger partial charge is 0.123 e. The Labute approximate surface area is 142 Å². The van der Waals surface area contributed by atoms with Crippen molar-refractivity contribution in [1.82, 2.24) is 0 Å². The number of aromatic hydroxyl groups is 2. The fourth-order valence-electron chi connectivity index (χ4n) is 3.05. The average Bonchev–Trinajstić information content (AvgIpc) is 2.59. The molecule has 1 aliphatic rings. The van der Waals surface area contributed by atoms with E-state index in [1.165, 1.54) is 0 Å². The molecule has 22 heavy (non-hydrogen) atoms. The fraction of sp³-hybridized carbons (Fsp3) is 0.474. The third kappa shape index (κ3) is 3.36. The van der Waals surface area contributed by atoms with Crippen molar-refractivity contribution in [3.63, 3.8) is 0 Å². The van der Waals surface area contributed by atoms with Gasteiger partial charge in [-0.1, -0.05) is 31.5 Å². The largest absolute Gasteiger partial charge is 0.507 e. The van der Waals surface area contributed by atoms with Crippen LogP contribution in [0.3, 0.4) is 0 Å². The lowest BCUT2D eigenvalue weighted by molar-refractivity contribution is 0.314. The number of hydrogen-bond acceptors (Lipinski definition) is 3. The first-order chi connectivity index (χ1) is 13.1. The molecule has 1 aliphatic carbocycles. The molecule has 2 atom stereocenters. The maximum absolute atomic E-state index is 10.6. The van der Waals surface area contributed by atoms with Crippen molar-refractivity contribution in [2.75, 3.05) is 6.61 Å². The number of rotatable bonds is 5. The van der Waals surface area contributed by atoms with Crippen LogP contribution in [-0.4, -0.2) is 21.9 Å². The Kier molecular flexibility index (Phi) is 3.00. The second-order valence-corrected chi connectivity index (χ2v) is 5.68. The molecule has 2 rings (SSSR count). The van der Waals surface area contributed by atoms with Gasteiger partial charge in [0.1, 0.15) is 11.5 Å². The molecule has 1 aromatic carbocycles. The molecule has 0 saturated carbocycles. The van der Waals surface area contributed by atoms with E-state index in [1.54, 1.807) is 6.08 Å². The minimum atomic E-state index is -3.26. The van der Waals surface area contributed by atoms with Crippen LogP contribution in [0.1, 0.15) is 59.6 Å². The first kappa shape index (κ1) is 9.41. The molecule has 0 spiro atoms. The zero-order valence-electron chi connectivity index (χ0n) is 19.6. The molecular formula is C19H26O3. The van der Waals surface area contributed by atoms with Crippen LogP contribution in [0.25, 0.3) is 0 Å².